The first-order valence-corrected chi connectivity index (χ1v) is 9.15. The van der Waals surface area contributed by atoms with Crippen LogP contribution in [0.2, 0.25) is 0 Å². The summed E-state index contributed by atoms with van der Waals surface area (Å²) in [5.74, 6) is 0.233. The number of hydrogen-bond donors (Lipinski definition) is 2. The van der Waals surface area contributed by atoms with Crippen LogP contribution < -0.4 is 5.73 Å². The fraction of sp³-hybridized carbons (Fsp3) is 0.526. The normalized spacial score (nSPS) is 28.8. The van der Waals surface area contributed by atoms with E-state index in [0.29, 0.717) is 17.5 Å². The van der Waals surface area contributed by atoms with E-state index < -0.39 is 5.91 Å². The van der Waals surface area contributed by atoms with Crippen molar-refractivity contribution in [3.05, 3.63) is 47.5 Å². The van der Waals surface area contributed by atoms with Crippen LogP contribution in [-0.4, -0.2) is 46.2 Å². The molecule has 7 heteroatoms. The fourth-order valence-corrected chi connectivity index (χ4v) is 5.00. The predicted octanol–water partition coefficient (Wildman–Crippen LogP) is 1.68. The molecule has 0 aromatic carbocycles. The Kier molecular flexibility index (Phi) is 4.50. The lowest BCUT2D eigenvalue weighted by molar-refractivity contribution is -0.170. The maximum atomic E-state index is 11.6. The molecule has 2 aromatic rings. The van der Waals surface area contributed by atoms with Crippen molar-refractivity contribution in [2.24, 2.45) is 17.6 Å². The minimum Gasteiger partial charge on any atom is -0.373 e. The zero-order valence-corrected chi connectivity index (χ0v) is 15.0. The first kappa shape index (κ1) is 17.2. The largest absolute Gasteiger partial charge is 0.373 e. The second kappa shape index (κ2) is 6.81. The molecule has 0 radical (unpaired) electrons. The summed E-state index contributed by atoms with van der Waals surface area (Å²) in [6.45, 7) is 2.78. The number of fused-ring (bicyclic) bond motifs is 2. The quantitative estimate of drug-likeness (QED) is 0.850. The molecule has 1 aliphatic carbocycles. The number of primary amides is 1. The third kappa shape index (κ3) is 2.81. The molecule has 3 atom stereocenters. The van der Waals surface area contributed by atoms with Crippen LogP contribution >= 0.6 is 0 Å². The average molecular weight is 355 g/mol. The van der Waals surface area contributed by atoms with Crippen LogP contribution in [0.15, 0.2) is 30.6 Å². The Morgan fingerprint density at radius 2 is 2.12 bits per heavy atom. The highest BCUT2D eigenvalue weighted by atomic mass is 16.5. The summed E-state index contributed by atoms with van der Waals surface area (Å²) in [6.07, 6.45) is 6.90. The molecule has 1 aliphatic heterocycles. The lowest BCUT2D eigenvalue weighted by atomic mass is 9.62. The van der Waals surface area contributed by atoms with Crippen molar-refractivity contribution in [3.63, 3.8) is 0 Å². The smallest absolute Gasteiger partial charge is 0.267 e. The van der Waals surface area contributed by atoms with E-state index in [2.05, 4.69) is 20.1 Å². The van der Waals surface area contributed by atoms with Crippen LogP contribution in [0.1, 0.15) is 41.0 Å². The van der Waals surface area contributed by atoms with Crippen molar-refractivity contribution in [1.29, 1.82) is 0 Å². The number of methoxy groups -OCH3 is 1. The van der Waals surface area contributed by atoms with Crippen molar-refractivity contribution in [1.82, 2.24) is 20.1 Å². The number of ether oxygens (including phenoxy) is 1. The van der Waals surface area contributed by atoms with E-state index in [-0.39, 0.29) is 5.60 Å². The lowest BCUT2D eigenvalue weighted by Gasteiger charge is -2.55. The maximum Gasteiger partial charge on any atom is 0.267 e. The molecule has 2 bridgehead atoms. The zero-order chi connectivity index (χ0) is 18.1. The summed E-state index contributed by atoms with van der Waals surface area (Å²) in [4.78, 5) is 18.2. The number of likely N-dealkylation sites (tertiary alicyclic amines) is 1. The fourth-order valence-electron chi connectivity index (χ4n) is 5.00. The van der Waals surface area contributed by atoms with Crippen LogP contribution in [0.3, 0.4) is 0 Å². The van der Waals surface area contributed by atoms with E-state index in [1.807, 2.05) is 18.2 Å². The van der Waals surface area contributed by atoms with Gasteiger partial charge >= 0.3 is 0 Å². The van der Waals surface area contributed by atoms with E-state index in [1.165, 1.54) is 6.42 Å². The Hall–Kier alpha value is -2.25. The van der Waals surface area contributed by atoms with Crippen molar-refractivity contribution < 1.29 is 9.53 Å². The van der Waals surface area contributed by atoms with Crippen molar-refractivity contribution in [3.8, 4) is 0 Å². The molecular weight excluding hydrogens is 330 g/mol. The predicted molar refractivity (Wildman–Crippen MR) is 96.1 cm³/mol. The number of pyridine rings is 1. The zero-order valence-electron chi connectivity index (χ0n) is 15.0. The number of amides is 1. The summed E-state index contributed by atoms with van der Waals surface area (Å²) in [7, 11) is 1.79. The molecule has 3 N–H and O–H groups in total. The van der Waals surface area contributed by atoms with Gasteiger partial charge in [0.1, 0.15) is 11.3 Å². The Morgan fingerprint density at radius 1 is 1.35 bits per heavy atom. The third-order valence-corrected chi connectivity index (χ3v) is 6.03. The number of H-pyrrole nitrogens is 1. The van der Waals surface area contributed by atoms with Gasteiger partial charge in [0, 0.05) is 56.7 Å². The Labute approximate surface area is 152 Å². The number of carbonyl (C=O) groups excluding carboxylic acids is 1. The molecule has 1 saturated heterocycles. The van der Waals surface area contributed by atoms with Gasteiger partial charge in [-0.25, -0.2) is 0 Å². The number of hydrogen-bond acceptors (Lipinski definition) is 5. The SMILES string of the molecule is COC1(c2ccnc(C(N)=O)c2)[C@@H]2CCC[C@H]1CN(Cc1ccn[nH]1)C2. The van der Waals surface area contributed by atoms with Gasteiger partial charge in [0.2, 0.25) is 0 Å². The van der Waals surface area contributed by atoms with Crippen molar-refractivity contribution in [2.45, 2.75) is 31.4 Å². The average Bonchev–Trinajstić information content (AvgIpc) is 3.14. The maximum absolute atomic E-state index is 11.6. The Balaban J connectivity index is 1.66. The minimum atomic E-state index is -0.500. The van der Waals surface area contributed by atoms with Gasteiger partial charge in [-0.05, 0) is 36.6 Å². The molecule has 1 saturated carbocycles. The van der Waals surface area contributed by atoms with Crippen LogP contribution in [0.5, 0.6) is 0 Å². The van der Waals surface area contributed by atoms with Gasteiger partial charge in [-0.15, -0.1) is 0 Å². The van der Waals surface area contributed by atoms with Gasteiger partial charge in [0.15, 0.2) is 0 Å². The molecule has 2 aromatic heterocycles. The number of nitrogens with zero attached hydrogens (tertiary/aromatic N) is 3. The molecule has 26 heavy (non-hydrogen) atoms. The molecule has 1 unspecified atom stereocenters. The van der Waals surface area contributed by atoms with E-state index in [1.54, 1.807) is 19.5 Å². The summed E-state index contributed by atoms with van der Waals surface area (Å²) in [5.41, 5.74) is 7.53. The monoisotopic (exact) mass is 355 g/mol. The summed E-state index contributed by atoms with van der Waals surface area (Å²) < 4.78 is 6.22. The second-order valence-electron chi connectivity index (χ2n) is 7.39. The summed E-state index contributed by atoms with van der Waals surface area (Å²) in [5, 5.41) is 7.11. The number of piperidine rings is 1. The second-order valence-corrected chi connectivity index (χ2v) is 7.39. The van der Waals surface area contributed by atoms with E-state index >= 15 is 0 Å². The van der Waals surface area contributed by atoms with E-state index in [9.17, 15) is 4.79 Å². The first-order chi connectivity index (χ1) is 12.6. The van der Waals surface area contributed by atoms with Crippen LogP contribution in [0.25, 0.3) is 0 Å². The van der Waals surface area contributed by atoms with Crippen LogP contribution in [0.4, 0.5) is 0 Å². The number of aromatic amines is 1. The molecule has 1 amide bonds. The van der Waals surface area contributed by atoms with Gasteiger partial charge in [0.05, 0.1) is 0 Å². The standard InChI is InChI=1S/C19H25N5O2/c1-26-19(13-5-7-21-17(9-13)18(20)25)14-3-2-4-15(19)11-24(10-14)12-16-6-8-22-23-16/h5-9,14-15H,2-4,10-12H2,1H3,(H2,20,25)(H,22,23)/t14-,15+,19?. The van der Waals surface area contributed by atoms with Crippen LogP contribution in [0, 0.1) is 11.8 Å². The highest BCUT2D eigenvalue weighted by Gasteiger charge is 2.53. The van der Waals surface area contributed by atoms with Gasteiger partial charge in [0.25, 0.3) is 5.91 Å². The number of nitrogens with two attached hydrogens (primary N) is 1. The lowest BCUT2D eigenvalue weighted by Crippen LogP contribution is -2.58. The molecule has 0 spiro atoms. The number of aromatic nitrogens is 3. The molecule has 138 valence electrons. The molecule has 2 aliphatic rings. The van der Waals surface area contributed by atoms with E-state index in [4.69, 9.17) is 10.5 Å². The third-order valence-electron chi connectivity index (χ3n) is 6.03. The van der Waals surface area contributed by atoms with Crippen molar-refractivity contribution in [2.75, 3.05) is 20.2 Å². The Morgan fingerprint density at radius 3 is 2.73 bits per heavy atom. The minimum absolute atomic E-state index is 0.303. The van der Waals surface area contributed by atoms with Crippen LogP contribution in [-0.2, 0) is 16.9 Å². The topological polar surface area (TPSA) is 97.1 Å². The summed E-state index contributed by atoms with van der Waals surface area (Å²) >= 11 is 0. The highest BCUT2D eigenvalue weighted by molar-refractivity contribution is 5.90. The van der Waals surface area contributed by atoms with Gasteiger partial charge < -0.3 is 10.5 Å². The van der Waals surface area contributed by atoms with Crippen molar-refractivity contribution >= 4 is 5.91 Å². The van der Waals surface area contributed by atoms with Gasteiger partial charge in [-0.3, -0.25) is 19.8 Å². The van der Waals surface area contributed by atoms with E-state index in [0.717, 1.165) is 43.7 Å². The number of rotatable bonds is 5. The van der Waals surface area contributed by atoms with Gasteiger partial charge in [-0.2, -0.15) is 5.10 Å². The molecule has 7 nitrogen and oxygen atoms in total. The molecular formula is C19H25N5O2. The Bertz CT molecular complexity index is 762. The molecule has 4 rings (SSSR count). The number of nitrogens with one attached hydrogen (secondary N) is 1. The summed E-state index contributed by atoms with van der Waals surface area (Å²) in [6, 6.07) is 5.82. The first-order valence-electron chi connectivity index (χ1n) is 9.15. The number of carbonyl (C=O) groups is 1. The van der Waals surface area contributed by atoms with Gasteiger partial charge in [-0.1, -0.05) is 6.42 Å². The highest BCUT2D eigenvalue weighted by Crippen LogP contribution is 2.51. The molecule has 2 fully saturated rings. The molecule has 3 heterocycles.